The lowest BCUT2D eigenvalue weighted by molar-refractivity contribution is -0.168. The number of ether oxygens (including phenoxy) is 2. The first-order chi connectivity index (χ1) is 14.7. The van der Waals surface area contributed by atoms with Gasteiger partial charge in [-0.2, -0.15) is 0 Å². The second-order valence-electron chi connectivity index (χ2n) is 12.1. The number of carbonyl (C=O) groups is 1. The molecular formula is C26H52O5Si. The van der Waals surface area contributed by atoms with Crippen molar-refractivity contribution in [3.05, 3.63) is 0 Å². The molecule has 0 aromatic carbocycles. The van der Waals surface area contributed by atoms with Crippen molar-refractivity contribution in [2.75, 3.05) is 13.2 Å². The van der Waals surface area contributed by atoms with E-state index in [9.17, 15) is 9.90 Å². The van der Waals surface area contributed by atoms with Crippen LogP contribution in [0.4, 0.5) is 0 Å². The molecule has 0 radical (unpaired) electrons. The Labute approximate surface area is 199 Å². The molecule has 1 unspecified atom stereocenters. The number of aliphatic carboxylic acids is 1. The fourth-order valence-corrected chi connectivity index (χ4v) is 6.05. The third-order valence-corrected chi connectivity index (χ3v) is 11.9. The van der Waals surface area contributed by atoms with Crippen molar-refractivity contribution in [1.29, 1.82) is 0 Å². The number of carboxylic acids is 1. The minimum atomic E-state index is -2.01. The minimum Gasteiger partial charge on any atom is -0.481 e. The Morgan fingerprint density at radius 2 is 1.62 bits per heavy atom. The summed E-state index contributed by atoms with van der Waals surface area (Å²) in [5.74, 6) is 1.13. The largest absolute Gasteiger partial charge is 0.481 e. The highest BCUT2D eigenvalue weighted by molar-refractivity contribution is 6.74. The van der Waals surface area contributed by atoms with E-state index in [0.29, 0.717) is 17.8 Å². The number of hydrogen-bond acceptors (Lipinski definition) is 4. The highest BCUT2D eigenvalue weighted by Crippen LogP contribution is 2.39. The summed E-state index contributed by atoms with van der Waals surface area (Å²) in [5.41, 5.74) is 0. The summed E-state index contributed by atoms with van der Waals surface area (Å²) in [7, 11) is -2.01. The molecule has 1 aliphatic heterocycles. The van der Waals surface area contributed by atoms with E-state index in [4.69, 9.17) is 13.9 Å². The van der Waals surface area contributed by atoms with Crippen LogP contribution in [-0.4, -0.2) is 45.0 Å². The minimum absolute atomic E-state index is 0.00616. The van der Waals surface area contributed by atoms with Gasteiger partial charge in [-0.3, -0.25) is 4.79 Å². The smallest absolute Gasteiger partial charge is 0.305 e. The van der Waals surface area contributed by atoms with E-state index in [0.717, 1.165) is 45.3 Å². The van der Waals surface area contributed by atoms with Gasteiger partial charge in [-0.25, -0.2) is 0 Å². The molecule has 1 rings (SSSR count). The third kappa shape index (κ3) is 11.1. The van der Waals surface area contributed by atoms with Crippen LogP contribution in [0.15, 0.2) is 0 Å². The molecule has 190 valence electrons. The van der Waals surface area contributed by atoms with Crippen LogP contribution in [0.2, 0.25) is 18.1 Å². The molecule has 32 heavy (non-hydrogen) atoms. The maximum atomic E-state index is 11.5. The molecule has 6 heteroatoms. The number of carboxylic acid groups (broad SMARTS) is 1. The van der Waals surface area contributed by atoms with E-state index in [1.54, 1.807) is 0 Å². The summed E-state index contributed by atoms with van der Waals surface area (Å²) in [4.78, 5) is 11.5. The van der Waals surface area contributed by atoms with Crippen molar-refractivity contribution in [1.82, 2.24) is 0 Å². The molecule has 0 bridgehead atoms. The van der Waals surface area contributed by atoms with Crippen molar-refractivity contribution >= 4 is 14.3 Å². The zero-order valence-corrected chi connectivity index (χ0v) is 23.4. The summed E-state index contributed by atoms with van der Waals surface area (Å²) in [6.07, 6.45) is 6.53. The van der Waals surface area contributed by atoms with E-state index >= 15 is 0 Å². The Morgan fingerprint density at radius 1 is 1.03 bits per heavy atom. The van der Waals surface area contributed by atoms with Crippen LogP contribution in [0.3, 0.4) is 0 Å². The van der Waals surface area contributed by atoms with E-state index in [1.807, 2.05) is 0 Å². The summed E-state index contributed by atoms with van der Waals surface area (Å²) in [5, 5.41) is 9.54. The fraction of sp³-hybridized carbons (Fsp3) is 0.962. The summed E-state index contributed by atoms with van der Waals surface area (Å²) in [6.45, 7) is 21.7. The van der Waals surface area contributed by atoms with Crippen LogP contribution >= 0.6 is 0 Å². The molecule has 1 aliphatic rings. The molecule has 6 atom stereocenters. The number of hydrogen-bond donors (Lipinski definition) is 1. The van der Waals surface area contributed by atoms with Gasteiger partial charge in [0, 0.05) is 6.61 Å². The van der Waals surface area contributed by atoms with Crippen molar-refractivity contribution in [3.63, 3.8) is 0 Å². The van der Waals surface area contributed by atoms with Crippen molar-refractivity contribution in [2.24, 2.45) is 23.7 Å². The molecule has 1 heterocycles. The quantitative estimate of drug-likeness (QED) is 0.273. The van der Waals surface area contributed by atoms with Gasteiger partial charge in [-0.05, 0) is 80.3 Å². The lowest BCUT2D eigenvalue weighted by atomic mass is 9.84. The monoisotopic (exact) mass is 472 g/mol. The Hall–Kier alpha value is -0.433. The van der Waals surface area contributed by atoms with Gasteiger partial charge < -0.3 is 19.0 Å². The lowest BCUT2D eigenvalue weighted by Gasteiger charge is -2.41. The maximum Gasteiger partial charge on any atom is 0.305 e. The van der Waals surface area contributed by atoms with Gasteiger partial charge in [0.15, 0.2) is 14.6 Å². The normalized spacial score (nSPS) is 22.7. The number of rotatable bonds is 14. The Kier molecular flexibility index (Phi) is 12.4. The zero-order valence-electron chi connectivity index (χ0n) is 22.4. The summed E-state index contributed by atoms with van der Waals surface area (Å²) >= 11 is 0. The molecule has 0 aromatic rings. The molecular weight excluding hydrogens is 420 g/mol. The third-order valence-electron chi connectivity index (χ3n) is 7.35. The van der Waals surface area contributed by atoms with Crippen molar-refractivity contribution < 1.29 is 23.8 Å². The van der Waals surface area contributed by atoms with Gasteiger partial charge in [0.2, 0.25) is 0 Å². The zero-order chi connectivity index (χ0) is 24.5. The van der Waals surface area contributed by atoms with Gasteiger partial charge in [0.05, 0.1) is 19.1 Å². The molecule has 5 nitrogen and oxygen atoms in total. The molecule has 0 amide bonds. The Balaban J connectivity index is 2.50. The molecule has 1 N–H and O–H groups in total. The first kappa shape index (κ1) is 29.6. The molecule has 0 aromatic heterocycles. The van der Waals surface area contributed by atoms with Crippen LogP contribution in [0, 0.1) is 23.7 Å². The van der Waals surface area contributed by atoms with Crippen molar-refractivity contribution in [2.45, 2.75) is 124 Å². The highest BCUT2D eigenvalue weighted by Gasteiger charge is 2.40. The van der Waals surface area contributed by atoms with Crippen LogP contribution in [0.25, 0.3) is 0 Å². The first-order valence-corrected chi connectivity index (χ1v) is 15.7. The SMILES string of the molecule is C[C@@H](C[C@H](C)COC1CCCCO1)C[C@H](C)C[C@H](C)[C@H](CC(=O)O)O[Si](C)(C)C(C)(C)C. The van der Waals surface area contributed by atoms with Crippen LogP contribution in [0.5, 0.6) is 0 Å². The molecule has 1 saturated heterocycles. The van der Waals surface area contributed by atoms with Gasteiger partial charge in [-0.15, -0.1) is 0 Å². The van der Waals surface area contributed by atoms with Crippen LogP contribution in [-0.2, 0) is 18.7 Å². The average molecular weight is 473 g/mol. The van der Waals surface area contributed by atoms with Crippen molar-refractivity contribution in [3.8, 4) is 0 Å². The van der Waals surface area contributed by atoms with Gasteiger partial charge >= 0.3 is 5.97 Å². The Morgan fingerprint density at radius 3 is 2.16 bits per heavy atom. The molecule has 0 aliphatic carbocycles. The van der Waals surface area contributed by atoms with E-state index < -0.39 is 14.3 Å². The fourth-order valence-electron chi connectivity index (χ4n) is 4.62. The Bertz CT molecular complexity index is 539. The lowest BCUT2D eigenvalue weighted by Crippen LogP contribution is -2.46. The van der Waals surface area contributed by atoms with Gasteiger partial charge in [0.1, 0.15) is 0 Å². The maximum absolute atomic E-state index is 11.5. The van der Waals surface area contributed by atoms with Crippen LogP contribution < -0.4 is 0 Å². The average Bonchev–Trinajstić information content (AvgIpc) is 2.64. The highest BCUT2D eigenvalue weighted by atomic mass is 28.4. The predicted molar refractivity (Wildman–Crippen MR) is 134 cm³/mol. The second-order valence-corrected chi connectivity index (χ2v) is 16.9. The summed E-state index contributed by atoms with van der Waals surface area (Å²) in [6, 6.07) is 0. The van der Waals surface area contributed by atoms with Gasteiger partial charge in [0.25, 0.3) is 0 Å². The van der Waals surface area contributed by atoms with E-state index in [-0.39, 0.29) is 29.8 Å². The molecule has 0 spiro atoms. The first-order valence-electron chi connectivity index (χ1n) is 12.8. The van der Waals surface area contributed by atoms with Crippen LogP contribution in [0.1, 0.15) is 93.4 Å². The summed E-state index contributed by atoms with van der Waals surface area (Å²) < 4.78 is 18.2. The molecule has 1 fully saturated rings. The van der Waals surface area contributed by atoms with Gasteiger partial charge in [-0.1, -0.05) is 48.5 Å². The standard InChI is InChI=1S/C26H52O5Si/c1-19(15-21(3)18-30-25-12-10-11-13-29-25)14-20(2)16-22(4)23(17-24(27)28)31-32(8,9)26(5,6)7/h19-23,25H,10-18H2,1-9H3,(H,27,28)/t19-,20+,21+,22+,23+,25?/m1/s1. The topological polar surface area (TPSA) is 65.0 Å². The van der Waals surface area contributed by atoms with E-state index in [1.165, 1.54) is 6.42 Å². The van der Waals surface area contributed by atoms with E-state index in [2.05, 4.69) is 61.6 Å². The predicted octanol–water partition coefficient (Wildman–Crippen LogP) is 7.11. The molecule has 0 saturated carbocycles. The second kappa shape index (κ2) is 13.5.